The van der Waals surface area contributed by atoms with Gasteiger partial charge in [-0.2, -0.15) is 0 Å². The van der Waals surface area contributed by atoms with E-state index in [2.05, 4.69) is 5.32 Å². The molecule has 0 unspecified atom stereocenters. The topological polar surface area (TPSA) is 81.5 Å². The van der Waals surface area contributed by atoms with Gasteiger partial charge in [-0.15, -0.1) is 0 Å². The molecule has 6 nitrogen and oxygen atoms in total. The standard InChI is InChI=1S/C17H17ClN2O4/c1-10-4-7-16(11(2)8-10)24-12(3)17(21)19-15-9-13(20(22)23)5-6-14(15)18/h4-9,12H,1-3H3,(H,19,21)/t12-/m0/s1. The third-order valence-corrected chi connectivity index (χ3v) is 3.75. The summed E-state index contributed by atoms with van der Waals surface area (Å²) in [6.45, 7) is 5.46. The number of halogens is 1. The Kier molecular flexibility index (Phi) is 5.41. The summed E-state index contributed by atoms with van der Waals surface area (Å²) < 4.78 is 5.66. The van der Waals surface area contributed by atoms with Crippen LogP contribution in [0.2, 0.25) is 5.02 Å². The lowest BCUT2D eigenvalue weighted by Gasteiger charge is -2.17. The second-order valence-corrected chi connectivity index (χ2v) is 5.85. The van der Waals surface area contributed by atoms with Crippen LogP contribution in [-0.4, -0.2) is 16.9 Å². The first-order valence-corrected chi connectivity index (χ1v) is 7.64. The lowest BCUT2D eigenvalue weighted by molar-refractivity contribution is -0.384. The number of aryl methyl sites for hydroxylation is 2. The second-order valence-electron chi connectivity index (χ2n) is 5.44. The Bertz CT molecular complexity index is 792. The van der Waals surface area contributed by atoms with E-state index in [9.17, 15) is 14.9 Å². The molecule has 2 aromatic rings. The van der Waals surface area contributed by atoms with E-state index in [1.807, 2.05) is 26.0 Å². The van der Waals surface area contributed by atoms with Gasteiger partial charge in [0.1, 0.15) is 5.75 Å². The number of nitro groups is 1. The number of rotatable bonds is 5. The van der Waals surface area contributed by atoms with Crippen molar-refractivity contribution in [1.29, 1.82) is 0 Å². The number of ether oxygens (including phenoxy) is 1. The number of nitro benzene ring substituents is 1. The molecular weight excluding hydrogens is 332 g/mol. The molecule has 0 aliphatic heterocycles. The number of carbonyl (C=O) groups is 1. The van der Waals surface area contributed by atoms with Gasteiger partial charge in [0.15, 0.2) is 6.10 Å². The summed E-state index contributed by atoms with van der Waals surface area (Å²) in [6, 6.07) is 9.50. The molecule has 7 heteroatoms. The number of hydrogen-bond acceptors (Lipinski definition) is 4. The molecule has 0 aromatic heterocycles. The van der Waals surface area contributed by atoms with Crippen LogP contribution in [0.3, 0.4) is 0 Å². The maximum Gasteiger partial charge on any atom is 0.271 e. The average Bonchev–Trinajstić information content (AvgIpc) is 2.51. The lowest BCUT2D eigenvalue weighted by Crippen LogP contribution is -2.30. The molecule has 0 bridgehead atoms. The van der Waals surface area contributed by atoms with Crippen molar-refractivity contribution in [1.82, 2.24) is 0 Å². The summed E-state index contributed by atoms with van der Waals surface area (Å²) in [6.07, 6.45) is -0.790. The Hall–Kier alpha value is -2.60. The SMILES string of the molecule is Cc1ccc(O[C@@H](C)C(=O)Nc2cc([N+](=O)[O-])ccc2Cl)c(C)c1. The number of non-ortho nitro benzene ring substituents is 1. The maximum atomic E-state index is 12.3. The number of anilines is 1. The lowest BCUT2D eigenvalue weighted by atomic mass is 10.1. The molecule has 0 saturated heterocycles. The Labute approximate surface area is 144 Å². The Morgan fingerprint density at radius 3 is 2.58 bits per heavy atom. The first-order valence-electron chi connectivity index (χ1n) is 7.26. The van der Waals surface area contributed by atoms with E-state index >= 15 is 0 Å². The molecule has 24 heavy (non-hydrogen) atoms. The van der Waals surface area contributed by atoms with Gasteiger partial charge in [0.2, 0.25) is 0 Å². The summed E-state index contributed by atoms with van der Waals surface area (Å²) in [7, 11) is 0. The van der Waals surface area contributed by atoms with Crippen LogP contribution in [0.1, 0.15) is 18.1 Å². The van der Waals surface area contributed by atoms with Crippen molar-refractivity contribution >= 4 is 28.9 Å². The molecule has 1 N–H and O–H groups in total. The van der Waals surface area contributed by atoms with Gasteiger partial charge in [-0.1, -0.05) is 29.3 Å². The Morgan fingerprint density at radius 2 is 1.96 bits per heavy atom. The molecule has 0 saturated carbocycles. The molecule has 126 valence electrons. The van der Waals surface area contributed by atoms with Crippen molar-refractivity contribution in [2.24, 2.45) is 0 Å². The molecule has 0 spiro atoms. The van der Waals surface area contributed by atoms with Gasteiger partial charge in [-0.05, 0) is 38.5 Å². The fraction of sp³-hybridized carbons (Fsp3) is 0.235. The van der Waals surface area contributed by atoms with Crippen LogP contribution in [0, 0.1) is 24.0 Å². The number of benzene rings is 2. The van der Waals surface area contributed by atoms with Crippen LogP contribution in [-0.2, 0) is 4.79 Å². The zero-order valence-corrected chi connectivity index (χ0v) is 14.3. The van der Waals surface area contributed by atoms with Crippen LogP contribution in [0.15, 0.2) is 36.4 Å². The second kappa shape index (κ2) is 7.31. The first-order chi connectivity index (χ1) is 11.3. The zero-order valence-electron chi connectivity index (χ0n) is 13.5. The predicted molar refractivity (Wildman–Crippen MR) is 92.7 cm³/mol. The summed E-state index contributed by atoms with van der Waals surface area (Å²) in [5.74, 6) is 0.158. The predicted octanol–water partition coefficient (Wildman–Crippen LogP) is 4.27. The molecular formula is C17H17ClN2O4. The average molecular weight is 349 g/mol. The van der Waals surface area contributed by atoms with Crippen LogP contribution in [0.5, 0.6) is 5.75 Å². The molecule has 0 radical (unpaired) electrons. The van der Waals surface area contributed by atoms with Crippen LogP contribution >= 0.6 is 11.6 Å². The van der Waals surface area contributed by atoms with Gasteiger partial charge in [0.05, 0.1) is 15.6 Å². The van der Waals surface area contributed by atoms with Crippen molar-refractivity contribution in [3.05, 3.63) is 62.7 Å². The molecule has 0 heterocycles. The van der Waals surface area contributed by atoms with Crippen molar-refractivity contribution in [2.75, 3.05) is 5.32 Å². The van der Waals surface area contributed by atoms with E-state index in [0.717, 1.165) is 11.1 Å². The zero-order chi connectivity index (χ0) is 17.9. The summed E-state index contributed by atoms with van der Waals surface area (Å²) >= 11 is 5.97. The quantitative estimate of drug-likeness (QED) is 0.646. The number of carbonyl (C=O) groups excluding carboxylic acids is 1. The number of nitrogens with one attached hydrogen (secondary N) is 1. The highest BCUT2D eigenvalue weighted by atomic mass is 35.5. The van der Waals surface area contributed by atoms with E-state index in [4.69, 9.17) is 16.3 Å². The fourth-order valence-electron chi connectivity index (χ4n) is 2.13. The molecule has 2 rings (SSSR count). The summed E-state index contributed by atoms with van der Waals surface area (Å²) in [5.41, 5.74) is 2.04. The van der Waals surface area contributed by atoms with Crippen molar-refractivity contribution in [2.45, 2.75) is 26.9 Å². The van der Waals surface area contributed by atoms with Gasteiger partial charge in [0.25, 0.3) is 11.6 Å². The number of amides is 1. The minimum absolute atomic E-state index is 0.155. The minimum atomic E-state index is -0.790. The smallest absolute Gasteiger partial charge is 0.271 e. The third-order valence-electron chi connectivity index (χ3n) is 3.42. The normalized spacial score (nSPS) is 11.7. The van der Waals surface area contributed by atoms with E-state index in [0.29, 0.717) is 5.75 Å². The van der Waals surface area contributed by atoms with Crippen LogP contribution in [0.4, 0.5) is 11.4 Å². The summed E-state index contributed by atoms with van der Waals surface area (Å²) in [4.78, 5) is 22.5. The monoisotopic (exact) mass is 348 g/mol. The third kappa shape index (κ3) is 4.23. The van der Waals surface area contributed by atoms with Crippen LogP contribution in [0.25, 0.3) is 0 Å². The summed E-state index contributed by atoms with van der Waals surface area (Å²) in [5, 5.41) is 13.6. The van der Waals surface area contributed by atoms with E-state index in [1.54, 1.807) is 13.0 Å². The van der Waals surface area contributed by atoms with Gasteiger partial charge in [0, 0.05) is 12.1 Å². The highest BCUT2D eigenvalue weighted by molar-refractivity contribution is 6.33. The van der Waals surface area contributed by atoms with Crippen molar-refractivity contribution < 1.29 is 14.5 Å². The molecule has 0 aliphatic carbocycles. The maximum absolute atomic E-state index is 12.3. The van der Waals surface area contributed by atoms with E-state index in [-0.39, 0.29) is 16.4 Å². The molecule has 1 atom stereocenters. The largest absolute Gasteiger partial charge is 0.481 e. The fourth-order valence-corrected chi connectivity index (χ4v) is 2.30. The van der Waals surface area contributed by atoms with Crippen molar-refractivity contribution in [3.8, 4) is 5.75 Å². The Morgan fingerprint density at radius 1 is 1.25 bits per heavy atom. The van der Waals surface area contributed by atoms with Gasteiger partial charge in [-0.3, -0.25) is 14.9 Å². The van der Waals surface area contributed by atoms with Gasteiger partial charge < -0.3 is 10.1 Å². The van der Waals surface area contributed by atoms with E-state index < -0.39 is 16.9 Å². The van der Waals surface area contributed by atoms with Gasteiger partial charge >= 0.3 is 0 Å². The van der Waals surface area contributed by atoms with Gasteiger partial charge in [-0.25, -0.2) is 0 Å². The molecule has 0 fully saturated rings. The number of nitrogens with zero attached hydrogens (tertiary/aromatic N) is 1. The highest BCUT2D eigenvalue weighted by Crippen LogP contribution is 2.27. The highest BCUT2D eigenvalue weighted by Gasteiger charge is 2.18. The number of hydrogen-bond donors (Lipinski definition) is 1. The Balaban J connectivity index is 2.11. The van der Waals surface area contributed by atoms with Crippen LogP contribution < -0.4 is 10.1 Å². The first kappa shape index (κ1) is 17.7. The van der Waals surface area contributed by atoms with E-state index in [1.165, 1.54) is 18.2 Å². The molecule has 2 aromatic carbocycles. The molecule has 0 aliphatic rings. The minimum Gasteiger partial charge on any atom is -0.481 e. The van der Waals surface area contributed by atoms with Crippen molar-refractivity contribution in [3.63, 3.8) is 0 Å². The molecule has 1 amide bonds.